The van der Waals surface area contributed by atoms with E-state index in [0.29, 0.717) is 4.90 Å². The average Bonchev–Trinajstić information content (AvgIpc) is 2.36. The fraction of sp³-hybridized carbons (Fsp3) is 0.625. The predicted octanol–water partition coefficient (Wildman–Crippen LogP) is 2.93. The van der Waals surface area contributed by atoms with Crippen molar-refractivity contribution in [2.75, 3.05) is 0 Å². The molecule has 1 N–H and O–H groups in total. The van der Waals surface area contributed by atoms with Crippen molar-refractivity contribution in [1.82, 2.24) is 4.72 Å². The first kappa shape index (κ1) is 12.8. The van der Waals surface area contributed by atoms with Gasteiger partial charge in [0.15, 0.2) is 0 Å². The average molecular weight is 291 g/mol. The molecule has 1 aromatic carbocycles. The second-order valence-electron chi connectivity index (χ2n) is 7.12. The summed E-state index contributed by atoms with van der Waals surface area (Å²) in [5.41, 5.74) is -0.149. The molecule has 0 atom stereocenters. The molecule has 4 aliphatic carbocycles. The summed E-state index contributed by atoms with van der Waals surface area (Å²) in [4.78, 5) is 0.399. The van der Waals surface area contributed by atoms with Gasteiger partial charge in [-0.05, 0) is 68.4 Å². The molecule has 0 aliphatic heterocycles. The molecule has 4 aliphatic rings. The normalized spacial score (nSPS) is 39.1. The minimum absolute atomic E-state index is 0.149. The largest absolute Gasteiger partial charge is 0.241 e. The Hall–Kier alpha value is -0.870. The minimum atomic E-state index is -3.37. The van der Waals surface area contributed by atoms with E-state index in [9.17, 15) is 8.42 Å². The number of hydrogen-bond donors (Lipinski definition) is 1. The van der Waals surface area contributed by atoms with Crippen molar-refractivity contribution in [2.45, 2.75) is 49.0 Å². The molecule has 0 aromatic heterocycles. The van der Waals surface area contributed by atoms with E-state index in [-0.39, 0.29) is 5.54 Å². The standard InChI is InChI=1S/C16H21NO2S/c18-20(19,15-4-2-1-3-5-15)17-16-9-12-6-13(10-16)8-14(7-12)11-16/h1-5,12-14,17H,6-11H2. The molecule has 4 bridgehead atoms. The molecule has 0 unspecified atom stereocenters. The zero-order valence-electron chi connectivity index (χ0n) is 11.6. The molecule has 4 fully saturated rings. The Labute approximate surface area is 120 Å². The molecular weight excluding hydrogens is 270 g/mol. The van der Waals surface area contributed by atoms with Crippen molar-refractivity contribution in [3.8, 4) is 0 Å². The summed E-state index contributed by atoms with van der Waals surface area (Å²) in [6.07, 6.45) is 7.12. The zero-order chi connectivity index (χ0) is 13.8. The van der Waals surface area contributed by atoms with Gasteiger partial charge in [-0.1, -0.05) is 18.2 Å². The van der Waals surface area contributed by atoms with Crippen LogP contribution in [0.5, 0.6) is 0 Å². The SMILES string of the molecule is O=S(=O)(NC12CC3CC(CC(C3)C1)C2)c1ccccc1. The van der Waals surface area contributed by atoms with Gasteiger partial charge in [0.25, 0.3) is 0 Å². The van der Waals surface area contributed by atoms with Gasteiger partial charge in [-0.25, -0.2) is 13.1 Å². The van der Waals surface area contributed by atoms with Crippen molar-refractivity contribution >= 4 is 10.0 Å². The van der Waals surface area contributed by atoms with E-state index < -0.39 is 10.0 Å². The summed E-state index contributed by atoms with van der Waals surface area (Å²) in [7, 11) is -3.37. The van der Waals surface area contributed by atoms with Crippen molar-refractivity contribution in [2.24, 2.45) is 17.8 Å². The molecule has 0 saturated heterocycles. The third kappa shape index (κ3) is 2.09. The van der Waals surface area contributed by atoms with Crippen molar-refractivity contribution < 1.29 is 8.42 Å². The topological polar surface area (TPSA) is 46.2 Å². The molecule has 0 heterocycles. The highest BCUT2D eigenvalue weighted by atomic mass is 32.2. The summed E-state index contributed by atoms with van der Waals surface area (Å²) in [6, 6.07) is 8.79. The molecular formula is C16H21NO2S. The van der Waals surface area contributed by atoms with E-state index in [0.717, 1.165) is 37.0 Å². The zero-order valence-corrected chi connectivity index (χ0v) is 12.4. The Balaban J connectivity index is 1.63. The van der Waals surface area contributed by atoms with Gasteiger partial charge in [0, 0.05) is 5.54 Å². The number of hydrogen-bond acceptors (Lipinski definition) is 2. The van der Waals surface area contributed by atoms with Crippen LogP contribution in [-0.4, -0.2) is 14.0 Å². The lowest BCUT2D eigenvalue weighted by molar-refractivity contribution is -0.00810. The maximum absolute atomic E-state index is 12.6. The molecule has 4 saturated carbocycles. The molecule has 1 aromatic rings. The Morgan fingerprint density at radius 1 is 0.900 bits per heavy atom. The summed E-state index contributed by atoms with van der Waals surface area (Å²) >= 11 is 0. The molecule has 20 heavy (non-hydrogen) atoms. The van der Waals surface area contributed by atoms with E-state index >= 15 is 0 Å². The van der Waals surface area contributed by atoms with Crippen molar-refractivity contribution in [1.29, 1.82) is 0 Å². The third-order valence-corrected chi connectivity index (χ3v) is 7.04. The first-order valence-corrected chi connectivity index (χ1v) is 9.12. The summed E-state index contributed by atoms with van der Waals surface area (Å²) < 4.78 is 28.3. The van der Waals surface area contributed by atoms with Gasteiger partial charge < -0.3 is 0 Å². The molecule has 0 amide bonds. The van der Waals surface area contributed by atoms with Gasteiger partial charge in [-0.15, -0.1) is 0 Å². The van der Waals surface area contributed by atoms with E-state index in [2.05, 4.69) is 4.72 Å². The highest BCUT2D eigenvalue weighted by Gasteiger charge is 2.52. The van der Waals surface area contributed by atoms with E-state index in [1.54, 1.807) is 24.3 Å². The van der Waals surface area contributed by atoms with Gasteiger partial charge >= 0.3 is 0 Å². The van der Waals surface area contributed by atoms with Crippen LogP contribution >= 0.6 is 0 Å². The Kier molecular flexibility index (Phi) is 2.77. The van der Waals surface area contributed by atoms with Crippen LogP contribution in [0, 0.1) is 17.8 Å². The molecule has 0 spiro atoms. The Morgan fingerprint density at radius 2 is 1.40 bits per heavy atom. The lowest BCUT2D eigenvalue weighted by Gasteiger charge is -2.56. The van der Waals surface area contributed by atoms with E-state index in [1.165, 1.54) is 19.3 Å². The maximum Gasteiger partial charge on any atom is 0.241 e. The van der Waals surface area contributed by atoms with Crippen LogP contribution in [0.2, 0.25) is 0 Å². The first-order chi connectivity index (χ1) is 9.55. The second-order valence-corrected chi connectivity index (χ2v) is 8.80. The molecule has 3 nitrogen and oxygen atoms in total. The van der Waals surface area contributed by atoms with Gasteiger partial charge in [0.05, 0.1) is 4.90 Å². The monoisotopic (exact) mass is 291 g/mol. The fourth-order valence-electron chi connectivity index (χ4n) is 5.18. The molecule has 108 valence electrons. The highest BCUT2D eigenvalue weighted by molar-refractivity contribution is 7.89. The van der Waals surface area contributed by atoms with Crippen LogP contribution < -0.4 is 4.72 Å². The van der Waals surface area contributed by atoms with E-state index in [4.69, 9.17) is 0 Å². The number of benzene rings is 1. The Morgan fingerprint density at radius 3 is 1.90 bits per heavy atom. The second kappa shape index (κ2) is 4.31. The van der Waals surface area contributed by atoms with Crippen molar-refractivity contribution in [3.63, 3.8) is 0 Å². The van der Waals surface area contributed by atoms with Crippen LogP contribution in [0.3, 0.4) is 0 Å². The van der Waals surface area contributed by atoms with Crippen LogP contribution in [0.15, 0.2) is 35.2 Å². The lowest BCUT2D eigenvalue weighted by atomic mass is 9.53. The Bertz CT molecular complexity index is 573. The first-order valence-electron chi connectivity index (χ1n) is 7.64. The van der Waals surface area contributed by atoms with Crippen LogP contribution in [0.25, 0.3) is 0 Å². The summed E-state index contributed by atoms with van der Waals surface area (Å²) in [5.74, 6) is 2.25. The number of rotatable bonds is 3. The quantitative estimate of drug-likeness (QED) is 0.930. The van der Waals surface area contributed by atoms with Crippen molar-refractivity contribution in [3.05, 3.63) is 30.3 Å². The number of sulfonamides is 1. The predicted molar refractivity (Wildman–Crippen MR) is 77.7 cm³/mol. The van der Waals surface area contributed by atoms with Crippen LogP contribution in [0.1, 0.15) is 38.5 Å². The van der Waals surface area contributed by atoms with E-state index in [1.807, 2.05) is 6.07 Å². The summed E-state index contributed by atoms with van der Waals surface area (Å²) in [6.45, 7) is 0. The highest BCUT2D eigenvalue weighted by Crippen LogP contribution is 2.55. The maximum atomic E-state index is 12.6. The van der Waals surface area contributed by atoms with Crippen LogP contribution in [-0.2, 0) is 10.0 Å². The molecule has 0 radical (unpaired) electrons. The lowest BCUT2D eigenvalue weighted by Crippen LogP contribution is -2.59. The molecule has 4 heteroatoms. The van der Waals surface area contributed by atoms with Crippen LogP contribution in [0.4, 0.5) is 0 Å². The fourth-order valence-corrected chi connectivity index (χ4v) is 6.63. The smallest absolute Gasteiger partial charge is 0.207 e. The van der Waals surface area contributed by atoms with Gasteiger partial charge in [0.2, 0.25) is 10.0 Å². The molecule has 5 rings (SSSR count). The van der Waals surface area contributed by atoms with Gasteiger partial charge in [-0.2, -0.15) is 0 Å². The third-order valence-electron chi connectivity index (χ3n) is 5.44. The number of nitrogens with one attached hydrogen (secondary N) is 1. The van der Waals surface area contributed by atoms with Gasteiger partial charge in [-0.3, -0.25) is 0 Å². The summed E-state index contributed by atoms with van der Waals surface area (Å²) in [5, 5.41) is 0. The minimum Gasteiger partial charge on any atom is -0.207 e. The van der Waals surface area contributed by atoms with Gasteiger partial charge in [0.1, 0.15) is 0 Å².